The first-order chi connectivity index (χ1) is 7.95. The second kappa shape index (κ2) is 5.61. The lowest BCUT2D eigenvalue weighted by Crippen LogP contribution is -2.34. The molecule has 1 aromatic heterocycles. The second-order valence-corrected chi connectivity index (χ2v) is 5.66. The molecular weight excluding hydrogens is 244 g/mol. The summed E-state index contributed by atoms with van der Waals surface area (Å²) in [5.74, 6) is 0.279. The van der Waals surface area contributed by atoms with Crippen LogP contribution in [0.15, 0.2) is 9.42 Å². The van der Waals surface area contributed by atoms with E-state index in [2.05, 4.69) is 5.16 Å². The molecule has 0 saturated carbocycles. The number of hydrogen-bond donors (Lipinski definition) is 1. The largest absolute Gasteiger partial charge is 0.395 e. The summed E-state index contributed by atoms with van der Waals surface area (Å²) in [6.07, 6.45) is 0.683. The molecule has 7 heteroatoms. The van der Waals surface area contributed by atoms with Crippen LogP contribution >= 0.6 is 0 Å². The first-order valence-electron chi connectivity index (χ1n) is 5.49. The minimum atomic E-state index is -3.63. The molecule has 0 fully saturated rings. The quantitative estimate of drug-likeness (QED) is 0.815. The van der Waals surface area contributed by atoms with Gasteiger partial charge in [0.25, 0.3) is 0 Å². The molecule has 6 nitrogen and oxygen atoms in total. The summed E-state index contributed by atoms with van der Waals surface area (Å²) in [5.41, 5.74) is 0.349. The minimum absolute atomic E-state index is 0.0836. The molecule has 0 aliphatic carbocycles. The third-order valence-electron chi connectivity index (χ3n) is 2.39. The van der Waals surface area contributed by atoms with Crippen LogP contribution in [0, 0.1) is 13.8 Å². The van der Waals surface area contributed by atoms with Crippen LogP contribution in [0.2, 0.25) is 0 Å². The topological polar surface area (TPSA) is 83.6 Å². The third kappa shape index (κ3) is 2.85. The predicted molar refractivity (Wildman–Crippen MR) is 62.1 cm³/mol. The fraction of sp³-hybridized carbons (Fsp3) is 0.700. The van der Waals surface area contributed by atoms with Crippen molar-refractivity contribution in [3.8, 4) is 0 Å². The molecular formula is C10H18N2O4S. The molecule has 1 rings (SSSR count). The summed E-state index contributed by atoms with van der Waals surface area (Å²) in [6, 6.07) is 0. The zero-order valence-corrected chi connectivity index (χ0v) is 11.1. The van der Waals surface area contributed by atoms with Crippen molar-refractivity contribution in [2.24, 2.45) is 0 Å². The van der Waals surface area contributed by atoms with E-state index in [1.165, 1.54) is 4.31 Å². The van der Waals surface area contributed by atoms with Crippen LogP contribution in [0.3, 0.4) is 0 Å². The van der Waals surface area contributed by atoms with Crippen molar-refractivity contribution < 1.29 is 18.0 Å². The van der Waals surface area contributed by atoms with Crippen LogP contribution < -0.4 is 0 Å². The number of aliphatic hydroxyl groups excluding tert-OH is 1. The lowest BCUT2D eigenvalue weighted by Gasteiger charge is -2.20. The number of hydrogen-bond acceptors (Lipinski definition) is 5. The Morgan fingerprint density at radius 1 is 1.35 bits per heavy atom. The highest BCUT2D eigenvalue weighted by molar-refractivity contribution is 7.89. The molecule has 0 amide bonds. The number of aromatic nitrogens is 1. The van der Waals surface area contributed by atoms with E-state index in [-0.39, 0.29) is 23.8 Å². The van der Waals surface area contributed by atoms with Crippen molar-refractivity contribution in [2.75, 3.05) is 19.7 Å². The van der Waals surface area contributed by atoms with Crippen molar-refractivity contribution in [3.05, 3.63) is 11.5 Å². The number of sulfonamides is 1. The van der Waals surface area contributed by atoms with Gasteiger partial charge in [-0.25, -0.2) is 8.42 Å². The molecule has 0 spiro atoms. The Kier molecular flexibility index (Phi) is 4.67. The molecule has 0 aromatic carbocycles. The molecule has 0 aliphatic rings. The second-order valence-electron chi connectivity index (χ2n) is 3.78. The van der Waals surface area contributed by atoms with Crippen LogP contribution in [0.4, 0.5) is 0 Å². The van der Waals surface area contributed by atoms with E-state index in [0.717, 1.165) is 0 Å². The Hall–Kier alpha value is -0.920. The number of aliphatic hydroxyl groups is 1. The van der Waals surface area contributed by atoms with E-state index >= 15 is 0 Å². The van der Waals surface area contributed by atoms with E-state index in [9.17, 15) is 8.42 Å². The van der Waals surface area contributed by atoms with Gasteiger partial charge in [0, 0.05) is 13.1 Å². The molecule has 0 atom stereocenters. The van der Waals surface area contributed by atoms with E-state index in [4.69, 9.17) is 9.63 Å². The van der Waals surface area contributed by atoms with Gasteiger partial charge in [0.1, 0.15) is 10.6 Å². The molecule has 0 saturated heterocycles. The molecule has 98 valence electrons. The van der Waals surface area contributed by atoms with Crippen LogP contribution in [0.5, 0.6) is 0 Å². The molecule has 1 aromatic rings. The van der Waals surface area contributed by atoms with E-state index < -0.39 is 10.0 Å². The number of aryl methyl sites for hydroxylation is 2. The summed E-state index contributed by atoms with van der Waals surface area (Å²) in [4.78, 5) is 0.111. The Labute approximate surface area is 101 Å². The average molecular weight is 262 g/mol. The predicted octanol–water partition coefficient (Wildman–Crippen LogP) is 0.684. The maximum absolute atomic E-state index is 12.3. The van der Waals surface area contributed by atoms with Gasteiger partial charge < -0.3 is 9.63 Å². The Morgan fingerprint density at radius 3 is 2.41 bits per heavy atom. The van der Waals surface area contributed by atoms with Gasteiger partial charge in [0.05, 0.1) is 6.61 Å². The van der Waals surface area contributed by atoms with Crippen molar-refractivity contribution in [1.82, 2.24) is 9.46 Å². The molecule has 17 heavy (non-hydrogen) atoms. The summed E-state index contributed by atoms with van der Waals surface area (Å²) < 4.78 is 30.8. The maximum atomic E-state index is 12.3. The first kappa shape index (κ1) is 14.1. The van der Waals surface area contributed by atoms with Gasteiger partial charge in [-0.05, 0) is 20.3 Å². The molecule has 0 aliphatic heterocycles. The summed E-state index contributed by atoms with van der Waals surface area (Å²) >= 11 is 0. The normalized spacial score (nSPS) is 12.3. The van der Waals surface area contributed by atoms with Crippen LogP contribution in [0.1, 0.15) is 24.8 Å². The SMILES string of the molecule is CCCN(CCO)S(=O)(=O)c1c(C)noc1C. The summed E-state index contributed by atoms with van der Waals surface area (Å²) in [5, 5.41) is 12.6. The minimum Gasteiger partial charge on any atom is -0.395 e. The number of rotatable bonds is 6. The zero-order valence-electron chi connectivity index (χ0n) is 10.3. The van der Waals surface area contributed by atoms with Crippen molar-refractivity contribution in [1.29, 1.82) is 0 Å². The highest BCUT2D eigenvalue weighted by Crippen LogP contribution is 2.23. The smallest absolute Gasteiger partial charge is 0.248 e. The summed E-state index contributed by atoms with van der Waals surface area (Å²) in [6.45, 7) is 5.28. The average Bonchev–Trinajstić information content (AvgIpc) is 2.58. The first-order valence-corrected chi connectivity index (χ1v) is 6.93. The zero-order chi connectivity index (χ0) is 13.1. The molecule has 1 N–H and O–H groups in total. The summed E-state index contributed by atoms with van der Waals surface area (Å²) in [7, 11) is -3.63. The molecule has 0 radical (unpaired) electrons. The van der Waals surface area contributed by atoms with Crippen LogP contribution in [-0.4, -0.2) is 42.7 Å². The van der Waals surface area contributed by atoms with Crippen molar-refractivity contribution in [2.45, 2.75) is 32.1 Å². The van der Waals surface area contributed by atoms with Crippen molar-refractivity contribution >= 4 is 10.0 Å². The van der Waals surface area contributed by atoms with Gasteiger partial charge in [-0.2, -0.15) is 4.31 Å². The van der Waals surface area contributed by atoms with Crippen LogP contribution in [0.25, 0.3) is 0 Å². The standard InChI is InChI=1S/C10H18N2O4S/c1-4-5-12(6-7-13)17(14,15)10-8(2)11-16-9(10)3/h13H,4-7H2,1-3H3. The fourth-order valence-corrected chi connectivity index (χ4v) is 3.50. The van der Waals surface area contributed by atoms with Gasteiger partial charge >= 0.3 is 0 Å². The van der Waals surface area contributed by atoms with Gasteiger partial charge in [-0.1, -0.05) is 12.1 Å². The highest BCUT2D eigenvalue weighted by Gasteiger charge is 2.29. The van der Waals surface area contributed by atoms with Gasteiger partial charge in [-0.15, -0.1) is 0 Å². The highest BCUT2D eigenvalue weighted by atomic mass is 32.2. The lowest BCUT2D eigenvalue weighted by molar-refractivity contribution is 0.253. The molecule has 0 unspecified atom stereocenters. The van der Waals surface area contributed by atoms with E-state index in [0.29, 0.717) is 18.7 Å². The fourth-order valence-electron chi connectivity index (χ4n) is 1.69. The Balaban J connectivity index is 3.16. The van der Waals surface area contributed by atoms with E-state index in [1.807, 2.05) is 6.92 Å². The Morgan fingerprint density at radius 2 is 2.00 bits per heavy atom. The monoisotopic (exact) mass is 262 g/mol. The maximum Gasteiger partial charge on any atom is 0.248 e. The van der Waals surface area contributed by atoms with Gasteiger partial charge in [0.15, 0.2) is 5.76 Å². The van der Waals surface area contributed by atoms with Gasteiger partial charge in [-0.3, -0.25) is 0 Å². The van der Waals surface area contributed by atoms with Gasteiger partial charge in [0.2, 0.25) is 10.0 Å². The lowest BCUT2D eigenvalue weighted by atomic mass is 10.4. The molecule has 1 heterocycles. The third-order valence-corrected chi connectivity index (χ3v) is 4.53. The Bertz CT molecular complexity index is 441. The van der Waals surface area contributed by atoms with E-state index in [1.54, 1.807) is 13.8 Å². The molecule has 0 bridgehead atoms. The number of nitrogens with zero attached hydrogens (tertiary/aromatic N) is 2. The van der Waals surface area contributed by atoms with Crippen molar-refractivity contribution in [3.63, 3.8) is 0 Å². The van der Waals surface area contributed by atoms with Crippen LogP contribution in [-0.2, 0) is 10.0 Å².